The quantitative estimate of drug-likeness (QED) is 0.547. The molecule has 0 aromatic heterocycles. The molecule has 5 nitrogen and oxygen atoms in total. The summed E-state index contributed by atoms with van der Waals surface area (Å²) in [6.07, 6.45) is -0.829. The van der Waals surface area contributed by atoms with Crippen LogP contribution in [-0.2, 0) is 0 Å². The third-order valence-corrected chi connectivity index (χ3v) is 4.86. The van der Waals surface area contributed by atoms with Gasteiger partial charge in [-0.25, -0.2) is 0 Å². The van der Waals surface area contributed by atoms with Gasteiger partial charge in [-0.2, -0.15) is 0 Å². The fraction of sp³-hybridized carbons (Fsp3) is 0.130. The Hall–Kier alpha value is -3.60. The molecule has 1 aliphatic heterocycles. The molecular weight excluding hydrogens is 356 g/mol. The first kappa shape index (κ1) is 17.8. The maximum Gasteiger partial charge on any atom is 0.181 e. The lowest BCUT2D eigenvalue weighted by Gasteiger charge is -2.32. The van der Waals surface area contributed by atoms with Gasteiger partial charge in [0.2, 0.25) is 0 Å². The van der Waals surface area contributed by atoms with Crippen LogP contribution < -0.4 is 9.47 Å². The molecule has 0 spiro atoms. The summed E-state index contributed by atoms with van der Waals surface area (Å²) in [7, 11) is 1.44. The number of phenols is 1. The van der Waals surface area contributed by atoms with Crippen LogP contribution in [0.5, 0.6) is 17.2 Å². The minimum Gasteiger partial charge on any atom is -0.504 e. The number of rotatable bonds is 4. The molecular formula is C23H18O5. The highest BCUT2D eigenvalue weighted by Crippen LogP contribution is 2.42. The van der Waals surface area contributed by atoms with Crippen molar-refractivity contribution in [3.63, 3.8) is 0 Å². The summed E-state index contributed by atoms with van der Waals surface area (Å²) in [6, 6.07) is 20.3. The van der Waals surface area contributed by atoms with E-state index < -0.39 is 12.0 Å². The van der Waals surface area contributed by atoms with Crippen LogP contribution in [0.3, 0.4) is 0 Å². The summed E-state index contributed by atoms with van der Waals surface area (Å²) < 4.78 is 11.3. The molecule has 0 saturated heterocycles. The summed E-state index contributed by atoms with van der Waals surface area (Å²) in [5, 5.41) is 9.90. The number of carbonyl (C=O) groups excluding carboxylic acids is 2. The van der Waals surface area contributed by atoms with Crippen molar-refractivity contribution >= 4 is 11.6 Å². The number of benzene rings is 3. The van der Waals surface area contributed by atoms with Crippen LogP contribution in [0.1, 0.15) is 32.4 Å². The van der Waals surface area contributed by atoms with Gasteiger partial charge in [-0.3, -0.25) is 9.59 Å². The molecule has 3 aromatic carbocycles. The van der Waals surface area contributed by atoms with Crippen LogP contribution >= 0.6 is 0 Å². The van der Waals surface area contributed by atoms with Crippen molar-refractivity contribution < 1.29 is 24.2 Å². The molecule has 0 saturated carbocycles. The van der Waals surface area contributed by atoms with Gasteiger partial charge in [-0.15, -0.1) is 0 Å². The number of Topliss-reactive ketones (excluding diaryl/α,β-unsaturated/α-hetero) is 2. The maximum absolute atomic E-state index is 13.3. The lowest BCUT2D eigenvalue weighted by molar-refractivity contribution is 0.0569. The number of phenolic OH excluding ortho intramolecular Hbond substituents is 1. The standard InChI is InChI=1S/C23H18O5/c1-27-19-13-15(11-12-17(19)24)23-20(21(25)14-7-3-2-4-8-14)22(26)16-9-5-6-10-18(16)28-23/h2-13,20,23-24H,1H3. The number of fused-ring (bicyclic) bond motifs is 1. The maximum atomic E-state index is 13.3. The second-order valence-corrected chi connectivity index (χ2v) is 6.54. The van der Waals surface area contributed by atoms with Crippen LogP contribution in [0.4, 0.5) is 0 Å². The van der Waals surface area contributed by atoms with Crippen LogP contribution in [-0.4, -0.2) is 23.8 Å². The Morgan fingerprint density at radius 3 is 2.46 bits per heavy atom. The Morgan fingerprint density at radius 2 is 1.71 bits per heavy atom. The fourth-order valence-corrected chi connectivity index (χ4v) is 3.45. The molecule has 2 unspecified atom stereocenters. The van der Waals surface area contributed by atoms with E-state index in [1.807, 2.05) is 6.07 Å². The monoisotopic (exact) mass is 374 g/mol. The predicted molar refractivity (Wildman–Crippen MR) is 103 cm³/mol. The summed E-state index contributed by atoms with van der Waals surface area (Å²) in [5.74, 6) is -0.976. The molecule has 140 valence electrons. The van der Waals surface area contributed by atoms with Crippen LogP contribution in [0.15, 0.2) is 72.8 Å². The van der Waals surface area contributed by atoms with Gasteiger partial charge in [0, 0.05) is 5.56 Å². The molecule has 4 rings (SSSR count). The van der Waals surface area contributed by atoms with E-state index in [0.717, 1.165) is 0 Å². The van der Waals surface area contributed by atoms with Gasteiger partial charge >= 0.3 is 0 Å². The Balaban J connectivity index is 1.84. The Labute approximate surface area is 162 Å². The van der Waals surface area contributed by atoms with E-state index in [4.69, 9.17) is 9.47 Å². The van der Waals surface area contributed by atoms with Crippen molar-refractivity contribution in [2.24, 2.45) is 5.92 Å². The number of aromatic hydroxyl groups is 1. The van der Waals surface area contributed by atoms with Gasteiger partial charge in [0.1, 0.15) is 17.8 Å². The molecule has 0 bridgehead atoms. The van der Waals surface area contributed by atoms with Gasteiger partial charge in [0.15, 0.2) is 23.1 Å². The Bertz CT molecular complexity index is 1040. The minimum atomic E-state index is -1.04. The van der Waals surface area contributed by atoms with Crippen LogP contribution in [0.2, 0.25) is 0 Å². The molecule has 28 heavy (non-hydrogen) atoms. The second-order valence-electron chi connectivity index (χ2n) is 6.54. The zero-order valence-corrected chi connectivity index (χ0v) is 15.2. The summed E-state index contributed by atoms with van der Waals surface area (Å²) in [6.45, 7) is 0. The van der Waals surface area contributed by atoms with Crippen LogP contribution in [0, 0.1) is 5.92 Å². The van der Waals surface area contributed by atoms with Crippen LogP contribution in [0.25, 0.3) is 0 Å². The fourth-order valence-electron chi connectivity index (χ4n) is 3.45. The first-order valence-electron chi connectivity index (χ1n) is 8.86. The number of hydrogen-bond donors (Lipinski definition) is 1. The molecule has 0 amide bonds. The second kappa shape index (κ2) is 7.19. The highest BCUT2D eigenvalue weighted by molar-refractivity contribution is 6.18. The van der Waals surface area contributed by atoms with Crippen molar-refractivity contribution in [1.29, 1.82) is 0 Å². The number of ether oxygens (including phenoxy) is 2. The number of carbonyl (C=O) groups is 2. The zero-order valence-electron chi connectivity index (χ0n) is 15.2. The summed E-state index contributed by atoms with van der Waals surface area (Å²) in [4.78, 5) is 26.5. The lowest BCUT2D eigenvalue weighted by atomic mass is 9.81. The van der Waals surface area contributed by atoms with E-state index >= 15 is 0 Å². The van der Waals surface area contributed by atoms with E-state index in [1.54, 1.807) is 60.7 Å². The van der Waals surface area contributed by atoms with Gasteiger partial charge < -0.3 is 14.6 Å². The average molecular weight is 374 g/mol. The largest absolute Gasteiger partial charge is 0.504 e. The molecule has 1 heterocycles. The third kappa shape index (κ3) is 3.01. The zero-order chi connectivity index (χ0) is 19.7. The number of methoxy groups -OCH3 is 1. The first-order valence-corrected chi connectivity index (χ1v) is 8.86. The molecule has 0 radical (unpaired) electrons. The number of hydrogen-bond acceptors (Lipinski definition) is 5. The Kier molecular flexibility index (Phi) is 4.57. The molecule has 5 heteroatoms. The van der Waals surface area contributed by atoms with Gasteiger partial charge in [0.25, 0.3) is 0 Å². The smallest absolute Gasteiger partial charge is 0.181 e. The highest BCUT2D eigenvalue weighted by Gasteiger charge is 2.43. The number of para-hydroxylation sites is 1. The van der Waals surface area contributed by atoms with E-state index in [2.05, 4.69) is 0 Å². The van der Waals surface area contributed by atoms with E-state index in [0.29, 0.717) is 22.4 Å². The van der Waals surface area contributed by atoms with E-state index in [-0.39, 0.29) is 23.1 Å². The normalized spacial score (nSPS) is 18.1. The van der Waals surface area contributed by atoms with Crippen molar-refractivity contribution in [3.8, 4) is 17.2 Å². The van der Waals surface area contributed by atoms with Gasteiger partial charge in [0.05, 0.1) is 12.7 Å². The summed E-state index contributed by atoms with van der Waals surface area (Å²) >= 11 is 0. The third-order valence-electron chi connectivity index (χ3n) is 4.86. The van der Waals surface area contributed by atoms with Crippen molar-refractivity contribution in [2.75, 3.05) is 7.11 Å². The van der Waals surface area contributed by atoms with Gasteiger partial charge in [-0.05, 0) is 29.8 Å². The Morgan fingerprint density at radius 1 is 1.00 bits per heavy atom. The van der Waals surface area contributed by atoms with E-state index in [9.17, 15) is 14.7 Å². The predicted octanol–water partition coefficient (Wildman–Crippen LogP) is 4.22. The molecule has 2 atom stereocenters. The molecule has 0 aliphatic carbocycles. The van der Waals surface area contributed by atoms with Crippen molar-refractivity contribution in [3.05, 3.63) is 89.5 Å². The highest BCUT2D eigenvalue weighted by atomic mass is 16.5. The number of ketones is 2. The van der Waals surface area contributed by atoms with Crippen molar-refractivity contribution in [2.45, 2.75) is 6.10 Å². The molecule has 1 aliphatic rings. The summed E-state index contributed by atoms with van der Waals surface area (Å²) in [5.41, 5.74) is 1.41. The molecule has 3 aromatic rings. The van der Waals surface area contributed by atoms with E-state index in [1.165, 1.54) is 13.2 Å². The van der Waals surface area contributed by atoms with Crippen molar-refractivity contribution in [1.82, 2.24) is 0 Å². The average Bonchev–Trinajstić information content (AvgIpc) is 2.74. The topological polar surface area (TPSA) is 72.8 Å². The molecule has 1 N–H and O–H groups in total. The SMILES string of the molecule is COc1cc(C2Oc3ccccc3C(=O)C2C(=O)c2ccccc2)ccc1O. The van der Waals surface area contributed by atoms with Gasteiger partial charge in [-0.1, -0.05) is 48.5 Å². The molecule has 0 fully saturated rings. The minimum absolute atomic E-state index is 0.0280. The first-order chi connectivity index (χ1) is 13.6. The lowest BCUT2D eigenvalue weighted by Crippen LogP contribution is -2.37.